The van der Waals surface area contributed by atoms with Gasteiger partial charge < -0.3 is 0 Å². The van der Waals surface area contributed by atoms with Crippen LogP contribution in [0.5, 0.6) is 0 Å². The largest absolute Gasteiger partial charge is 0.294 e. The molecule has 19 heavy (non-hydrogen) atoms. The first-order chi connectivity index (χ1) is 8.60. The summed E-state index contributed by atoms with van der Waals surface area (Å²) in [5.74, 6) is -0.0310. The summed E-state index contributed by atoms with van der Waals surface area (Å²) in [5.41, 5.74) is -0.00417. The minimum absolute atomic E-state index is 0.0310. The number of nitrogens with zero attached hydrogens (tertiary/aromatic N) is 1. The molecular weight excluding hydrogens is 266 g/mol. The zero-order valence-corrected chi connectivity index (χ0v) is 12.6. The SMILES string of the molecule is CON(C)S(=O)(=O)c1ccc(C(=O)C(C)(C)C)cc1. The molecule has 1 aromatic carbocycles. The average Bonchev–Trinajstić information content (AvgIpc) is 2.35. The van der Waals surface area contributed by atoms with Crippen LogP contribution in [0.15, 0.2) is 29.2 Å². The number of hydrogen-bond acceptors (Lipinski definition) is 4. The quantitative estimate of drug-likeness (QED) is 0.628. The molecule has 1 aromatic rings. The highest BCUT2D eigenvalue weighted by Crippen LogP contribution is 2.22. The van der Waals surface area contributed by atoms with Gasteiger partial charge in [-0.15, -0.1) is 0 Å². The lowest BCUT2D eigenvalue weighted by Crippen LogP contribution is -2.26. The summed E-state index contributed by atoms with van der Waals surface area (Å²) in [5, 5.41) is 0. The lowest BCUT2D eigenvalue weighted by Gasteiger charge is -2.17. The van der Waals surface area contributed by atoms with E-state index in [-0.39, 0.29) is 10.7 Å². The Morgan fingerprint density at radius 3 is 2.00 bits per heavy atom. The van der Waals surface area contributed by atoms with Crippen molar-refractivity contribution in [3.63, 3.8) is 0 Å². The third kappa shape index (κ3) is 3.40. The van der Waals surface area contributed by atoms with Gasteiger partial charge in [0.25, 0.3) is 10.0 Å². The Kier molecular flexibility index (Phi) is 4.50. The van der Waals surface area contributed by atoms with Gasteiger partial charge in [-0.2, -0.15) is 0 Å². The minimum atomic E-state index is -3.67. The Bertz CT molecular complexity index is 555. The first kappa shape index (κ1) is 15.8. The topological polar surface area (TPSA) is 63.7 Å². The highest BCUT2D eigenvalue weighted by Gasteiger charge is 2.24. The lowest BCUT2D eigenvalue weighted by molar-refractivity contribution is -0.0258. The van der Waals surface area contributed by atoms with Gasteiger partial charge in [0, 0.05) is 18.0 Å². The number of sulfonamides is 1. The van der Waals surface area contributed by atoms with E-state index >= 15 is 0 Å². The van der Waals surface area contributed by atoms with E-state index < -0.39 is 15.4 Å². The van der Waals surface area contributed by atoms with Crippen LogP contribution in [-0.2, 0) is 14.9 Å². The summed E-state index contributed by atoms with van der Waals surface area (Å²) >= 11 is 0. The third-order valence-corrected chi connectivity index (χ3v) is 4.39. The Morgan fingerprint density at radius 2 is 1.63 bits per heavy atom. The maximum absolute atomic E-state index is 12.0. The van der Waals surface area contributed by atoms with E-state index in [9.17, 15) is 13.2 Å². The maximum atomic E-state index is 12.0. The second-order valence-electron chi connectivity index (χ2n) is 5.20. The summed E-state index contributed by atoms with van der Waals surface area (Å²) in [4.78, 5) is 16.8. The molecule has 0 saturated heterocycles. The molecule has 5 nitrogen and oxygen atoms in total. The van der Waals surface area contributed by atoms with Crippen molar-refractivity contribution in [2.45, 2.75) is 25.7 Å². The monoisotopic (exact) mass is 285 g/mol. The van der Waals surface area contributed by atoms with Gasteiger partial charge in [0.1, 0.15) is 0 Å². The number of carbonyl (C=O) groups is 1. The van der Waals surface area contributed by atoms with Crippen molar-refractivity contribution in [2.24, 2.45) is 5.41 Å². The van der Waals surface area contributed by atoms with E-state index in [4.69, 9.17) is 0 Å². The number of hydroxylamine groups is 1. The number of hydrogen-bond donors (Lipinski definition) is 0. The van der Waals surface area contributed by atoms with Crippen molar-refractivity contribution < 1.29 is 18.0 Å². The van der Waals surface area contributed by atoms with Crippen molar-refractivity contribution in [1.82, 2.24) is 4.47 Å². The molecule has 1 rings (SSSR count). The van der Waals surface area contributed by atoms with Crippen LogP contribution in [0.3, 0.4) is 0 Å². The number of carbonyl (C=O) groups excluding carboxylic acids is 1. The van der Waals surface area contributed by atoms with Gasteiger partial charge >= 0.3 is 0 Å². The van der Waals surface area contributed by atoms with Crippen LogP contribution in [0.1, 0.15) is 31.1 Å². The first-order valence-electron chi connectivity index (χ1n) is 5.78. The van der Waals surface area contributed by atoms with Gasteiger partial charge in [0.2, 0.25) is 0 Å². The van der Waals surface area contributed by atoms with E-state index in [0.717, 1.165) is 4.47 Å². The molecule has 0 aliphatic heterocycles. The number of Topliss-reactive ketones (excluding diaryl/α,β-unsaturated/α-hetero) is 1. The van der Waals surface area contributed by atoms with Gasteiger partial charge in [0.15, 0.2) is 5.78 Å². The van der Waals surface area contributed by atoms with Gasteiger partial charge in [-0.1, -0.05) is 37.4 Å². The fraction of sp³-hybridized carbons (Fsp3) is 0.462. The van der Waals surface area contributed by atoms with Crippen molar-refractivity contribution in [3.8, 4) is 0 Å². The van der Waals surface area contributed by atoms with Crippen molar-refractivity contribution in [2.75, 3.05) is 14.2 Å². The molecule has 0 aliphatic rings. The summed E-state index contributed by atoms with van der Waals surface area (Å²) in [6.45, 7) is 5.45. The Hall–Kier alpha value is -1.24. The molecule has 0 fully saturated rings. The van der Waals surface area contributed by atoms with Crippen LogP contribution in [-0.4, -0.2) is 32.8 Å². The molecule has 0 aromatic heterocycles. The van der Waals surface area contributed by atoms with E-state index in [1.54, 1.807) is 0 Å². The summed E-state index contributed by atoms with van der Waals surface area (Å²) in [6, 6.07) is 5.85. The minimum Gasteiger partial charge on any atom is -0.294 e. The molecule has 0 spiro atoms. The van der Waals surface area contributed by atoms with Crippen molar-refractivity contribution in [3.05, 3.63) is 29.8 Å². The molecule has 0 amide bonds. The molecule has 6 heteroatoms. The first-order valence-corrected chi connectivity index (χ1v) is 7.22. The maximum Gasteiger partial charge on any atom is 0.264 e. The standard InChI is InChI=1S/C13H19NO4S/c1-13(2,3)12(15)10-6-8-11(9-7-10)19(16,17)14(4)18-5/h6-9H,1-5H3. The predicted octanol–water partition coefficient (Wildman–Crippen LogP) is 2.10. The smallest absolute Gasteiger partial charge is 0.264 e. The average molecular weight is 285 g/mol. The van der Waals surface area contributed by atoms with E-state index in [0.29, 0.717) is 5.56 Å². The number of rotatable bonds is 4. The van der Waals surface area contributed by atoms with E-state index in [2.05, 4.69) is 4.84 Å². The predicted molar refractivity (Wildman–Crippen MR) is 72.2 cm³/mol. The molecule has 0 saturated carbocycles. The van der Waals surface area contributed by atoms with Gasteiger partial charge in [0.05, 0.1) is 12.0 Å². The second-order valence-corrected chi connectivity index (χ2v) is 7.14. The molecule has 0 aliphatic carbocycles. The Labute approximate surface area is 114 Å². The fourth-order valence-corrected chi connectivity index (χ4v) is 2.43. The molecule has 0 N–H and O–H groups in total. The highest BCUT2D eigenvalue weighted by atomic mass is 32.2. The van der Waals surface area contributed by atoms with E-state index in [1.807, 2.05) is 20.8 Å². The van der Waals surface area contributed by atoms with Crippen LogP contribution >= 0.6 is 0 Å². The molecule has 0 atom stereocenters. The fourth-order valence-electron chi connectivity index (χ4n) is 1.46. The van der Waals surface area contributed by atoms with Crippen LogP contribution in [0.4, 0.5) is 0 Å². The Balaban J connectivity index is 3.11. The highest BCUT2D eigenvalue weighted by molar-refractivity contribution is 7.89. The number of ketones is 1. The van der Waals surface area contributed by atoms with Crippen LogP contribution in [0.2, 0.25) is 0 Å². The summed E-state index contributed by atoms with van der Waals surface area (Å²) < 4.78 is 24.7. The Morgan fingerprint density at radius 1 is 1.16 bits per heavy atom. The summed E-state index contributed by atoms with van der Waals surface area (Å²) in [6.07, 6.45) is 0. The molecule has 0 heterocycles. The zero-order valence-electron chi connectivity index (χ0n) is 11.8. The second kappa shape index (κ2) is 5.40. The van der Waals surface area contributed by atoms with Crippen LogP contribution < -0.4 is 0 Å². The lowest BCUT2D eigenvalue weighted by atomic mass is 9.87. The van der Waals surface area contributed by atoms with E-state index in [1.165, 1.54) is 38.4 Å². The normalized spacial score (nSPS) is 12.7. The van der Waals surface area contributed by atoms with Crippen molar-refractivity contribution in [1.29, 1.82) is 0 Å². The summed E-state index contributed by atoms with van der Waals surface area (Å²) in [7, 11) is -1.09. The van der Waals surface area contributed by atoms with Crippen LogP contribution in [0.25, 0.3) is 0 Å². The van der Waals surface area contributed by atoms with Gasteiger partial charge in [-0.25, -0.2) is 8.42 Å². The molecule has 106 valence electrons. The zero-order chi connectivity index (χ0) is 14.8. The molecule has 0 radical (unpaired) electrons. The number of benzene rings is 1. The molecule has 0 unspecified atom stereocenters. The molecular formula is C13H19NO4S. The van der Waals surface area contributed by atoms with Crippen molar-refractivity contribution >= 4 is 15.8 Å². The van der Waals surface area contributed by atoms with Gasteiger partial charge in [-0.3, -0.25) is 9.63 Å². The third-order valence-electron chi connectivity index (χ3n) is 2.69. The van der Waals surface area contributed by atoms with Crippen LogP contribution in [0, 0.1) is 5.41 Å². The van der Waals surface area contributed by atoms with Gasteiger partial charge in [-0.05, 0) is 12.1 Å². The molecule has 0 bridgehead atoms.